The van der Waals surface area contributed by atoms with Crippen LogP contribution in [0.25, 0.3) is 0 Å². The summed E-state index contributed by atoms with van der Waals surface area (Å²) in [4.78, 5) is 26.3. The maximum Gasteiger partial charge on any atom is 0.410 e. The first-order valence-corrected chi connectivity index (χ1v) is 11.2. The molecule has 6 heteroatoms. The van der Waals surface area contributed by atoms with Crippen molar-refractivity contribution >= 4 is 12.1 Å². The van der Waals surface area contributed by atoms with Crippen LogP contribution < -0.4 is 4.74 Å². The normalized spacial score (nSPS) is 12.6. The lowest BCUT2D eigenvalue weighted by atomic mass is 10.0. The molecule has 178 valence electrons. The van der Waals surface area contributed by atoms with Crippen molar-refractivity contribution in [2.24, 2.45) is 0 Å². The number of esters is 1. The van der Waals surface area contributed by atoms with E-state index < -0.39 is 17.7 Å². The molecule has 0 bridgehead atoms. The second kappa shape index (κ2) is 12.1. The average Bonchev–Trinajstić information content (AvgIpc) is 2.77. The van der Waals surface area contributed by atoms with Crippen LogP contribution in [0.15, 0.2) is 66.2 Å². The fraction of sp³-hybridized carbons (Fsp3) is 0.407. The molecule has 1 atom stereocenters. The van der Waals surface area contributed by atoms with Gasteiger partial charge in [-0.1, -0.05) is 48.5 Å². The number of likely N-dealkylation sites (N-methyl/N-ethyl adjacent to an activating group) is 1. The minimum absolute atomic E-state index is 0.293. The van der Waals surface area contributed by atoms with Crippen molar-refractivity contribution in [3.63, 3.8) is 0 Å². The van der Waals surface area contributed by atoms with Gasteiger partial charge in [-0.15, -0.1) is 0 Å². The lowest BCUT2D eigenvalue weighted by molar-refractivity contribution is -0.138. The summed E-state index contributed by atoms with van der Waals surface area (Å²) in [5.74, 6) is 0.364. The standard InChI is InChI=1S/C27H35NO5/c1-7-31-25(29)20(2)17-23(28(6)26(30)33-27(3,4)5)18-21-13-15-24(16-14-21)32-19-22-11-9-8-10-12-22/h8-17,23H,7,18-19H2,1-6H3/b20-17+/t23-/m0/s1. The average molecular weight is 454 g/mol. The number of benzene rings is 2. The second-order valence-electron chi connectivity index (χ2n) is 8.85. The van der Waals surface area contributed by atoms with Gasteiger partial charge in [0.2, 0.25) is 0 Å². The molecule has 0 saturated heterocycles. The zero-order chi connectivity index (χ0) is 24.4. The summed E-state index contributed by atoms with van der Waals surface area (Å²) in [6.45, 7) is 9.70. The van der Waals surface area contributed by atoms with Crippen molar-refractivity contribution in [3.05, 3.63) is 77.4 Å². The van der Waals surface area contributed by atoms with Crippen molar-refractivity contribution in [2.45, 2.75) is 59.3 Å². The van der Waals surface area contributed by atoms with Crippen LogP contribution in [-0.4, -0.2) is 42.3 Å². The molecule has 0 N–H and O–H groups in total. The largest absolute Gasteiger partial charge is 0.489 e. The van der Waals surface area contributed by atoms with Gasteiger partial charge in [0.05, 0.1) is 12.6 Å². The lowest BCUT2D eigenvalue weighted by Crippen LogP contribution is -2.41. The van der Waals surface area contributed by atoms with Crippen molar-refractivity contribution in [1.82, 2.24) is 4.90 Å². The zero-order valence-electron chi connectivity index (χ0n) is 20.5. The quantitative estimate of drug-likeness (QED) is 0.368. The van der Waals surface area contributed by atoms with Crippen LogP contribution in [0.2, 0.25) is 0 Å². The third-order valence-electron chi connectivity index (χ3n) is 4.84. The summed E-state index contributed by atoms with van der Waals surface area (Å²) in [5.41, 5.74) is 1.92. The number of carbonyl (C=O) groups excluding carboxylic acids is 2. The van der Waals surface area contributed by atoms with Crippen LogP contribution >= 0.6 is 0 Å². The van der Waals surface area contributed by atoms with E-state index in [1.54, 1.807) is 27.0 Å². The van der Waals surface area contributed by atoms with Crippen LogP contribution in [0.5, 0.6) is 5.75 Å². The van der Waals surface area contributed by atoms with E-state index >= 15 is 0 Å². The van der Waals surface area contributed by atoms with E-state index in [1.165, 1.54) is 4.90 Å². The third-order valence-corrected chi connectivity index (χ3v) is 4.84. The summed E-state index contributed by atoms with van der Waals surface area (Å²) in [7, 11) is 1.67. The predicted molar refractivity (Wildman–Crippen MR) is 129 cm³/mol. The lowest BCUT2D eigenvalue weighted by Gasteiger charge is -2.29. The first-order valence-electron chi connectivity index (χ1n) is 11.2. The number of rotatable bonds is 9. The van der Waals surface area contributed by atoms with Crippen molar-refractivity contribution in [2.75, 3.05) is 13.7 Å². The van der Waals surface area contributed by atoms with Gasteiger partial charge in [-0.05, 0) is 64.3 Å². The number of hydrogen-bond acceptors (Lipinski definition) is 5. The highest BCUT2D eigenvalue weighted by Crippen LogP contribution is 2.19. The molecule has 6 nitrogen and oxygen atoms in total. The Morgan fingerprint density at radius 2 is 1.64 bits per heavy atom. The molecule has 0 unspecified atom stereocenters. The highest BCUT2D eigenvalue weighted by molar-refractivity contribution is 5.88. The third kappa shape index (κ3) is 9.00. The molecule has 0 aliphatic rings. The van der Waals surface area contributed by atoms with E-state index in [0.717, 1.165) is 16.9 Å². The summed E-state index contributed by atoms with van der Waals surface area (Å²) >= 11 is 0. The number of nitrogens with zero attached hydrogens (tertiary/aromatic N) is 1. The molecule has 0 radical (unpaired) electrons. The van der Waals surface area contributed by atoms with Gasteiger partial charge in [-0.25, -0.2) is 9.59 Å². The van der Waals surface area contributed by atoms with E-state index in [-0.39, 0.29) is 6.04 Å². The Morgan fingerprint density at radius 3 is 2.21 bits per heavy atom. The maximum atomic E-state index is 12.7. The predicted octanol–water partition coefficient (Wildman–Crippen LogP) is 5.55. The van der Waals surface area contributed by atoms with E-state index in [2.05, 4.69) is 0 Å². The number of hydrogen-bond donors (Lipinski definition) is 0. The number of amides is 1. The van der Waals surface area contributed by atoms with Crippen molar-refractivity contribution in [3.8, 4) is 5.75 Å². The van der Waals surface area contributed by atoms with Gasteiger partial charge in [0, 0.05) is 12.6 Å². The molecular formula is C27H35NO5. The number of ether oxygens (including phenoxy) is 3. The minimum Gasteiger partial charge on any atom is -0.489 e. The highest BCUT2D eigenvalue weighted by Gasteiger charge is 2.25. The van der Waals surface area contributed by atoms with E-state index in [4.69, 9.17) is 14.2 Å². The van der Waals surface area contributed by atoms with Gasteiger partial charge in [-0.2, -0.15) is 0 Å². The molecule has 0 fully saturated rings. The summed E-state index contributed by atoms with van der Waals surface area (Å²) in [6, 6.07) is 17.3. The Morgan fingerprint density at radius 1 is 1.00 bits per heavy atom. The van der Waals surface area contributed by atoms with Crippen LogP contribution in [0.1, 0.15) is 45.7 Å². The van der Waals surface area contributed by atoms with Crippen molar-refractivity contribution in [1.29, 1.82) is 0 Å². The van der Waals surface area contributed by atoms with Gasteiger partial charge in [0.25, 0.3) is 0 Å². The Labute approximate surface area is 197 Å². The molecule has 33 heavy (non-hydrogen) atoms. The second-order valence-corrected chi connectivity index (χ2v) is 8.85. The zero-order valence-corrected chi connectivity index (χ0v) is 20.5. The Kier molecular flexibility index (Phi) is 9.52. The molecule has 0 spiro atoms. The monoisotopic (exact) mass is 453 g/mol. The molecule has 0 aliphatic carbocycles. The van der Waals surface area contributed by atoms with Crippen LogP contribution in [0.4, 0.5) is 4.79 Å². The topological polar surface area (TPSA) is 65.1 Å². The molecule has 0 saturated carbocycles. The van der Waals surface area contributed by atoms with Gasteiger partial charge in [0.1, 0.15) is 18.0 Å². The Hall–Kier alpha value is -3.28. The number of carbonyl (C=O) groups is 2. The van der Waals surface area contributed by atoms with Crippen molar-refractivity contribution < 1.29 is 23.8 Å². The molecule has 0 heterocycles. The van der Waals surface area contributed by atoms with Crippen LogP contribution in [0.3, 0.4) is 0 Å². The minimum atomic E-state index is -0.618. The molecule has 0 aromatic heterocycles. The molecular weight excluding hydrogens is 418 g/mol. The maximum absolute atomic E-state index is 12.7. The van der Waals surface area contributed by atoms with Gasteiger partial charge in [0.15, 0.2) is 0 Å². The smallest absolute Gasteiger partial charge is 0.410 e. The summed E-state index contributed by atoms with van der Waals surface area (Å²) in [5, 5.41) is 0. The van der Waals surface area contributed by atoms with E-state index in [9.17, 15) is 9.59 Å². The fourth-order valence-electron chi connectivity index (χ4n) is 3.08. The first-order chi connectivity index (χ1) is 15.6. The van der Waals surface area contributed by atoms with Gasteiger partial charge in [-0.3, -0.25) is 0 Å². The Balaban J connectivity index is 2.14. The SMILES string of the molecule is CCOC(=O)/C(C)=C/[C@@H](Cc1ccc(OCc2ccccc2)cc1)N(C)C(=O)OC(C)(C)C. The first kappa shape index (κ1) is 26.0. The summed E-state index contributed by atoms with van der Waals surface area (Å²) in [6.07, 6.45) is 1.80. The summed E-state index contributed by atoms with van der Waals surface area (Å²) < 4.78 is 16.5. The Bertz CT molecular complexity index is 929. The fourth-order valence-corrected chi connectivity index (χ4v) is 3.08. The molecule has 2 aromatic carbocycles. The van der Waals surface area contributed by atoms with Gasteiger partial charge >= 0.3 is 12.1 Å². The van der Waals surface area contributed by atoms with Crippen LogP contribution in [-0.2, 0) is 27.3 Å². The molecule has 2 rings (SSSR count). The van der Waals surface area contributed by atoms with E-state index in [1.807, 2.05) is 75.4 Å². The van der Waals surface area contributed by atoms with Crippen LogP contribution in [0, 0.1) is 0 Å². The molecule has 2 aromatic rings. The van der Waals surface area contributed by atoms with Gasteiger partial charge < -0.3 is 19.1 Å². The van der Waals surface area contributed by atoms with E-state index in [0.29, 0.717) is 25.2 Å². The highest BCUT2D eigenvalue weighted by atomic mass is 16.6. The molecule has 1 amide bonds. The molecule has 0 aliphatic heterocycles.